The molecule has 1 N–H and O–H groups in total. The molecule has 0 radical (unpaired) electrons. The third-order valence-electron chi connectivity index (χ3n) is 3.84. The number of aryl methyl sites for hydroxylation is 1. The van der Waals surface area contributed by atoms with Gasteiger partial charge in [-0.3, -0.25) is 0 Å². The normalized spacial score (nSPS) is 17.4. The minimum atomic E-state index is -0.612. The summed E-state index contributed by atoms with van der Waals surface area (Å²) >= 11 is 0. The molecular weight excluding hydrogens is 259 g/mol. The van der Waals surface area contributed by atoms with Crippen molar-refractivity contribution in [2.75, 3.05) is 46.9 Å². The molecule has 5 heteroatoms. The highest BCUT2D eigenvalue weighted by Gasteiger charge is 2.14. The summed E-state index contributed by atoms with van der Waals surface area (Å²) in [6, 6.07) is 3.10. The molecular formula is C15H23FN2O2. The number of methoxy groups -OCH3 is 1. The average molecular weight is 282 g/mol. The lowest BCUT2D eigenvalue weighted by Gasteiger charge is -2.32. The zero-order valence-corrected chi connectivity index (χ0v) is 12.2. The summed E-state index contributed by atoms with van der Waals surface area (Å²) in [5.41, 5.74) is 0.867. The van der Waals surface area contributed by atoms with E-state index in [9.17, 15) is 9.50 Å². The van der Waals surface area contributed by atoms with Crippen molar-refractivity contribution in [3.05, 3.63) is 23.5 Å². The van der Waals surface area contributed by atoms with E-state index in [0.29, 0.717) is 0 Å². The van der Waals surface area contributed by atoms with E-state index in [-0.39, 0.29) is 5.75 Å². The number of benzene rings is 1. The topological polar surface area (TPSA) is 35.9 Å². The molecule has 1 saturated heterocycles. The molecule has 0 spiro atoms. The number of piperazine rings is 1. The van der Waals surface area contributed by atoms with Gasteiger partial charge in [-0.1, -0.05) is 0 Å². The zero-order chi connectivity index (χ0) is 14.5. The average Bonchev–Trinajstić information content (AvgIpc) is 2.44. The Kier molecular flexibility index (Phi) is 5.20. The predicted molar refractivity (Wildman–Crippen MR) is 76.9 cm³/mol. The van der Waals surface area contributed by atoms with Crippen LogP contribution in [-0.2, 0) is 6.42 Å². The minimum absolute atomic E-state index is 0.208. The van der Waals surface area contributed by atoms with E-state index < -0.39 is 11.6 Å². The molecule has 112 valence electrons. The first-order valence-electron chi connectivity index (χ1n) is 7.06. The van der Waals surface area contributed by atoms with Crippen molar-refractivity contribution >= 4 is 0 Å². The lowest BCUT2D eigenvalue weighted by Crippen LogP contribution is -2.44. The fraction of sp³-hybridized carbons (Fsp3) is 0.600. The number of halogens is 1. The van der Waals surface area contributed by atoms with Crippen LogP contribution in [0.5, 0.6) is 11.5 Å². The third-order valence-corrected chi connectivity index (χ3v) is 3.84. The summed E-state index contributed by atoms with van der Waals surface area (Å²) in [4.78, 5) is 4.77. The van der Waals surface area contributed by atoms with Crippen LogP contribution in [0.2, 0.25) is 0 Å². The van der Waals surface area contributed by atoms with Gasteiger partial charge in [0.05, 0.1) is 7.11 Å². The Morgan fingerprint density at radius 1 is 1.25 bits per heavy atom. The van der Waals surface area contributed by atoms with E-state index in [1.807, 2.05) is 0 Å². The molecule has 0 amide bonds. The number of likely N-dealkylation sites (N-methyl/N-ethyl adjacent to an activating group) is 1. The van der Waals surface area contributed by atoms with Gasteiger partial charge in [0.15, 0.2) is 17.3 Å². The molecule has 2 rings (SSSR count). The fourth-order valence-electron chi connectivity index (χ4n) is 2.51. The van der Waals surface area contributed by atoms with Gasteiger partial charge in [-0.15, -0.1) is 0 Å². The van der Waals surface area contributed by atoms with Gasteiger partial charge in [0.25, 0.3) is 0 Å². The van der Waals surface area contributed by atoms with E-state index in [1.54, 1.807) is 6.07 Å². The number of hydrogen-bond acceptors (Lipinski definition) is 4. The van der Waals surface area contributed by atoms with Gasteiger partial charge >= 0.3 is 0 Å². The summed E-state index contributed by atoms with van der Waals surface area (Å²) in [5.74, 6) is -0.811. The summed E-state index contributed by atoms with van der Waals surface area (Å²) < 4.78 is 18.5. The molecule has 1 aliphatic rings. The molecule has 1 aromatic carbocycles. The van der Waals surface area contributed by atoms with Crippen molar-refractivity contribution < 1.29 is 14.2 Å². The second-order valence-electron chi connectivity index (χ2n) is 5.38. The van der Waals surface area contributed by atoms with E-state index >= 15 is 0 Å². The van der Waals surface area contributed by atoms with Crippen molar-refractivity contribution in [1.82, 2.24) is 9.80 Å². The molecule has 4 nitrogen and oxygen atoms in total. The number of aromatic hydroxyl groups is 1. The van der Waals surface area contributed by atoms with Crippen LogP contribution in [-0.4, -0.2) is 61.8 Å². The maximum atomic E-state index is 13.5. The minimum Gasteiger partial charge on any atom is -0.502 e. The van der Waals surface area contributed by atoms with E-state index in [4.69, 9.17) is 4.74 Å². The van der Waals surface area contributed by atoms with Gasteiger partial charge in [0.2, 0.25) is 0 Å². The van der Waals surface area contributed by atoms with Crippen LogP contribution < -0.4 is 4.74 Å². The highest BCUT2D eigenvalue weighted by molar-refractivity contribution is 5.43. The van der Waals surface area contributed by atoms with Crippen LogP contribution >= 0.6 is 0 Å². The Labute approximate surface area is 119 Å². The Morgan fingerprint density at radius 3 is 2.60 bits per heavy atom. The molecule has 0 atom stereocenters. The molecule has 20 heavy (non-hydrogen) atoms. The number of ether oxygens (including phenoxy) is 1. The van der Waals surface area contributed by atoms with Crippen molar-refractivity contribution in [2.45, 2.75) is 12.8 Å². The molecule has 1 heterocycles. The zero-order valence-electron chi connectivity index (χ0n) is 12.2. The highest BCUT2D eigenvalue weighted by atomic mass is 19.1. The summed E-state index contributed by atoms with van der Waals surface area (Å²) in [6.45, 7) is 5.45. The monoisotopic (exact) mass is 282 g/mol. The first kappa shape index (κ1) is 15.1. The summed E-state index contributed by atoms with van der Waals surface area (Å²) in [7, 11) is 3.57. The number of nitrogens with zero attached hydrogens (tertiary/aromatic N) is 2. The van der Waals surface area contributed by atoms with E-state index in [0.717, 1.165) is 51.1 Å². The largest absolute Gasteiger partial charge is 0.502 e. The molecule has 0 saturated carbocycles. The second kappa shape index (κ2) is 6.90. The highest BCUT2D eigenvalue weighted by Crippen LogP contribution is 2.30. The fourth-order valence-corrected chi connectivity index (χ4v) is 2.51. The summed E-state index contributed by atoms with van der Waals surface area (Å²) in [6.07, 6.45) is 1.77. The predicted octanol–water partition coefficient (Wildman–Crippen LogP) is 1.72. The van der Waals surface area contributed by atoms with Crippen LogP contribution in [0.3, 0.4) is 0 Å². The van der Waals surface area contributed by atoms with Gasteiger partial charge in [0.1, 0.15) is 0 Å². The first-order chi connectivity index (χ1) is 9.60. The Balaban J connectivity index is 1.83. The lowest BCUT2D eigenvalue weighted by atomic mass is 10.1. The van der Waals surface area contributed by atoms with E-state index in [2.05, 4.69) is 16.8 Å². The first-order valence-corrected chi connectivity index (χ1v) is 7.06. The van der Waals surface area contributed by atoms with Crippen LogP contribution in [0.4, 0.5) is 4.39 Å². The van der Waals surface area contributed by atoms with Crippen molar-refractivity contribution in [3.8, 4) is 11.5 Å². The van der Waals surface area contributed by atoms with Gasteiger partial charge in [-0.2, -0.15) is 0 Å². The van der Waals surface area contributed by atoms with E-state index in [1.165, 1.54) is 13.2 Å². The number of hydrogen-bond donors (Lipinski definition) is 1. The van der Waals surface area contributed by atoms with Crippen molar-refractivity contribution in [2.24, 2.45) is 0 Å². The quantitative estimate of drug-likeness (QED) is 0.892. The molecule has 0 aliphatic carbocycles. The van der Waals surface area contributed by atoms with Crippen LogP contribution in [0.15, 0.2) is 12.1 Å². The number of rotatable bonds is 5. The molecule has 1 fully saturated rings. The maximum absolute atomic E-state index is 13.5. The van der Waals surface area contributed by atoms with Crippen molar-refractivity contribution in [1.29, 1.82) is 0 Å². The standard InChI is InChI=1S/C15H23FN2O2/c1-17-6-8-18(9-7-17)5-3-4-12-10-13(16)15(19)14(11-12)20-2/h10-11,19H,3-9H2,1-2H3. The second-order valence-corrected chi connectivity index (χ2v) is 5.38. The summed E-state index contributed by atoms with van der Waals surface area (Å²) in [5, 5.41) is 9.46. The van der Waals surface area contributed by atoms with Gasteiger partial charge in [-0.25, -0.2) is 4.39 Å². The van der Waals surface area contributed by atoms with Gasteiger partial charge in [0, 0.05) is 26.2 Å². The Bertz CT molecular complexity index is 446. The third kappa shape index (κ3) is 3.84. The Hall–Kier alpha value is -1.33. The molecule has 0 bridgehead atoms. The maximum Gasteiger partial charge on any atom is 0.194 e. The van der Waals surface area contributed by atoms with Crippen molar-refractivity contribution in [3.63, 3.8) is 0 Å². The molecule has 0 unspecified atom stereocenters. The molecule has 1 aromatic rings. The van der Waals surface area contributed by atoms with Gasteiger partial charge < -0.3 is 19.6 Å². The number of phenolic OH excluding ortho intramolecular Hbond substituents is 1. The van der Waals surface area contributed by atoms with Crippen LogP contribution in [0, 0.1) is 5.82 Å². The molecule has 1 aliphatic heterocycles. The lowest BCUT2D eigenvalue weighted by molar-refractivity contribution is 0.153. The smallest absolute Gasteiger partial charge is 0.194 e. The SMILES string of the molecule is COc1cc(CCCN2CCN(C)CC2)cc(F)c1O. The number of phenols is 1. The molecule has 0 aromatic heterocycles. The van der Waals surface area contributed by atoms with Crippen LogP contribution in [0.25, 0.3) is 0 Å². The van der Waals surface area contributed by atoms with Gasteiger partial charge in [-0.05, 0) is 44.1 Å². The Morgan fingerprint density at radius 2 is 1.95 bits per heavy atom. The van der Waals surface area contributed by atoms with Crippen LogP contribution in [0.1, 0.15) is 12.0 Å².